The first-order chi connectivity index (χ1) is 9.28. The Bertz CT molecular complexity index is 734. The Hall–Kier alpha value is -1.80. The van der Waals surface area contributed by atoms with Gasteiger partial charge in [-0.1, -0.05) is 52.3 Å². The summed E-state index contributed by atoms with van der Waals surface area (Å²) in [4.78, 5) is 0. The van der Waals surface area contributed by atoms with Crippen LogP contribution in [0.25, 0.3) is 21.9 Å². The molecule has 3 rings (SSSR count). The molecule has 3 aromatic rings. The molecule has 2 heteroatoms. The second-order valence-corrected chi connectivity index (χ2v) is 5.33. The Morgan fingerprint density at radius 1 is 0.842 bits per heavy atom. The molecule has 0 bridgehead atoms. The molecule has 0 radical (unpaired) electrons. The van der Waals surface area contributed by atoms with Crippen molar-refractivity contribution in [3.63, 3.8) is 0 Å². The number of benzene rings is 3. The molecule has 0 heterocycles. The summed E-state index contributed by atoms with van der Waals surface area (Å²) in [5, 5.41) is 2.41. The Kier molecular flexibility index (Phi) is 3.26. The topological polar surface area (TPSA) is 9.23 Å². The van der Waals surface area contributed by atoms with E-state index >= 15 is 0 Å². The van der Waals surface area contributed by atoms with Gasteiger partial charge in [-0.2, -0.15) is 0 Å². The van der Waals surface area contributed by atoms with Crippen LogP contribution in [-0.4, -0.2) is 7.11 Å². The van der Waals surface area contributed by atoms with E-state index in [4.69, 9.17) is 4.74 Å². The number of halogens is 1. The second-order valence-electron chi connectivity index (χ2n) is 4.41. The summed E-state index contributed by atoms with van der Waals surface area (Å²) in [5.74, 6) is 0.900. The van der Waals surface area contributed by atoms with Crippen LogP contribution in [0.4, 0.5) is 0 Å². The van der Waals surface area contributed by atoms with E-state index in [1.54, 1.807) is 7.11 Å². The van der Waals surface area contributed by atoms with Gasteiger partial charge in [0.15, 0.2) is 0 Å². The fourth-order valence-electron chi connectivity index (χ4n) is 2.27. The molecule has 0 aliphatic rings. The third kappa shape index (κ3) is 2.36. The molecule has 0 amide bonds. The molecule has 19 heavy (non-hydrogen) atoms. The van der Waals surface area contributed by atoms with Crippen LogP contribution < -0.4 is 4.74 Å². The average Bonchev–Trinajstić information content (AvgIpc) is 2.46. The van der Waals surface area contributed by atoms with Crippen LogP contribution in [0.1, 0.15) is 0 Å². The van der Waals surface area contributed by atoms with E-state index < -0.39 is 0 Å². The SMILES string of the molecule is COc1cc2ccccc2cc1-c1cccc(Br)c1. The minimum absolute atomic E-state index is 0.900. The van der Waals surface area contributed by atoms with Crippen LogP contribution in [0, 0.1) is 0 Å². The average molecular weight is 313 g/mol. The monoisotopic (exact) mass is 312 g/mol. The van der Waals surface area contributed by atoms with Crippen molar-refractivity contribution in [2.24, 2.45) is 0 Å². The van der Waals surface area contributed by atoms with Crippen molar-refractivity contribution in [3.8, 4) is 16.9 Å². The van der Waals surface area contributed by atoms with Gasteiger partial charge in [0.2, 0.25) is 0 Å². The number of fused-ring (bicyclic) bond motifs is 1. The molecule has 0 saturated carbocycles. The molecule has 0 aromatic heterocycles. The molecule has 0 spiro atoms. The third-order valence-electron chi connectivity index (χ3n) is 3.20. The predicted octanol–water partition coefficient (Wildman–Crippen LogP) is 5.28. The summed E-state index contributed by atoms with van der Waals surface area (Å²) < 4.78 is 6.60. The van der Waals surface area contributed by atoms with E-state index in [1.165, 1.54) is 10.8 Å². The van der Waals surface area contributed by atoms with Gasteiger partial charge in [0.1, 0.15) is 5.75 Å². The summed E-state index contributed by atoms with van der Waals surface area (Å²) in [6.45, 7) is 0. The lowest BCUT2D eigenvalue weighted by Gasteiger charge is -2.11. The molecule has 0 atom stereocenters. The predicted molar refractivity (Wildman–Crippen MR) is 83.6 cm³/mol. The number of hydrogen-bond donors (Lipinski definition) is 0. The van der Waals surface area contributed by atoms with E-state index in [-0.39, 0.29) is 0 Å². The lowest BCUT2D eigenvalue weighted by molar-refractivity contribution is 0.417. The molecule has 0 N–H and O–H groups in total. The second kappa shape index (κ2) is 5.06. The third-order valence-corrected chi connectivity index (χ3v) is 3.70. The van der Waals surface area contributed by atoms with Crippen molar-refractivity contribution in [1.29, 1.82) is 0 Å². The van der Waals surface area contributed by atoms with Crippen LogP contribution in [0.2, 0.25) is 0 Å². The number of methoxy groups -OCH3 is 1. The maximum absolute atomic E-state index is 5.53. The normalized spacial score (nSPS) is 10.6. The van der Waals surface area contributed by atoms with Crippen LogP contribution in [0.3, 0.4) is 0 Å². The fraction of sp³-hybridized carbons (Fsp3) is 0.0588. The van der Waals surface area contributed by atoms with Crippen LogP contribution in [-0.2, 0) is 0 Å². The molecule has 0 fully saturated rings. The smallest absolute Gasteiger partial charge is 0.127 e. The molecule has 0 unspecified atom stereocenters. The van der Waals surface area contributed by atoms with Gasteiger partial charge in [-0.15, -0.1) is 0 Å². The fourth-order valence-corrected chi connectivity index (χ4v) is 2.67. The van der Waals surface area contributed by atoms with Gasteiger partial charge >= 0.3 is 0 Å². The van der Waals surface area contributed by atoms with Gasteiger partial charge in [0.25, 0.3) is 0 Å². The zero-order valence-electron chi connectivity index (χ0n) is 10.6. The zero-order valence-corrected chi connectivity index (χ0v) is 12.1. The van der Waals surface area contributed by atoms with Gasteiger partial charge < -0.3 is 4.74 Å². The zero-order chi connectivity index (χ0) is 13.2. The van der Waals surface area contributed by atoms with E-state index in [9.17, 15) is 0 Å². The van der Waals surface area contributed by atoms with Crippen molar-refractivity contribution < 1.29 is 4.74 Å². The van der Waals surface area contributed by atoms with Crippen molar-refractivity contribution in [3.05, 3.63) is 65.1 Å². The molecular formula is C17H13BrO. The van der Waals surface area contributed by atoms with Crippen molar-refractivity contribution in [2.45, 2.75) is 0 Å². The van der Waals surface area contributed by atoms with Crippen molar-refractivity contribution in [2.75, 3.05) is 7.11 Å². The Labute approximate surface area is 121 Å². The highest BCUT2D eigenvalue weighted by Crippen LogP contribution is 2.35. The summed E-state index contributed by atoms with van der Waals surface area (Å²) in [5.41, 5.74) is 2.26. The summed E-state index contributed by atoms with van der Waals surface area (Å²) in [7, 11) is 1.71. The number of rotatable bonds is 2. The van der Waals surface area contributed by atoms with E-state index in [2.05, 4.69) is 58.4 Å². The van der Waals surface area contributed by atoms with Gasteiger partial charge in [-0.25, -0.2) is 0 Å². The first-order valence-corrected chi connectivity index (χ1v) is 6.90. The minimum atomic E-state index is 0.900. The minimum Gasteiger partial charge on any atom is -0.496 e. The first kappa shape index (κ1) is 12.2. The molecular weight excluding hydrogens is 300 g/mol. The molecule has 1 nitrogen and oxygen atoms in total. The van der Waals surface area contributed by atoms with Crippen LogP contribution in [0.15, 0.2) is 65.1 Å². The maximum atomic E-state index is 5.53. The lowest BCUT2D eigenvalue weighted by atomic mass is 10.00. The highest BCUT2D eigenvalue weighted by Gasteiger charge is 2.08. The van der Waals surface area contributed by atoms with E-state index in [1.807, 2.05) is 18.2 Å². The Morgan fingerprint density at radius 3 is 2.26 bits per heavy atom. The molecule has 0 aliphatic heterocycles. The van der Waals surface area contributed by atoms with Gasteiger partial charge in [0, 0.05) is 10.0 Å². The number of hydrogen-bond acceptors (Lipinski definition) is 1. The maximum Gasteiger partial charge on any atom is 0.127 e. The largest absolute Gasteiger partial charge is 0.496 e. The highest BCUT2D eigenvalue weighted by atomic mass is 79.9. The number of ether oxygens (including phenoxy) is 1. The van der Waals surface area contributed by atoms with Crippen LogP contribution >= 0.6 is 15.9 Å². The molecule has 3 aromatic carbocycles. The summed E-state index contributed by atoms with van der Waals surface area (Å²) in [6.07, 6.45) is 0. The first-order valence-electron chi connectivity index (χ1n) is 6.10. The van der Waals surface area contributed by atoms with E-state index in [0.717, 1.165) is 21.3 Å². The molecule has 0 saturated heterocycles. The Morgan fingerprint density at radius 2 is 1.58 bits per heavy atom. The highest BCUT2D eigenvalue weighted by molar-refractivity contribution is 9.10. The van der Waals surface area contributed by atoms with Gasteiger partial charge in [-0.05, 0) is 40.6 Å². The van der Waals surface area contributed by atoms with Crippen LogP contribution in [0.5, 0.6) is 5.75 Å². The standard InChI is InChI=1S/C17H13BrO/c1-19-17-11-13-6-3-2-5-12(13)10-16(17)14-7-4-8-15(18)9-14/h2-11H,1H3. The Balaban J connectivity index is 2.27. The van der Waals surface area contributed by atoms with Crippen molar-refractivity contribution >= 4 is 26.7 Å². The van der Waals surface area contributed by atoms with Crippen molar-refractivity contribution in [1.82, 2.24) is 0 Å². The quantitative estimate of drug-likeness (QED) is 0.625. The molecule has 0 aliphatic carbocycles. The van der Waals surface area contributed by atoms with Gasteiger partial charge in [-0.3, -0.25) is 0 Å². The summed E-state index contributed by atoms with van der Waals surface area (Å²) >= 11 is 3.51. The molecule has 94 valence electrons. The lowest BCUT2D eigenvalue weighted by Crippen LogP contribution is -1.88. The summed E-state index contributed by atoms with van der Waals surface area (Å²) in [6, 6.07) is 20.8. The van der Waals surface area contributed by atoms with E-state index in [0.29, 0.717) is 0 Å². The van der Waals surface area contributed by atoms with Gasteiger partial charge in [0.05, 0.1) is 7.11 Å².